The monoisotopic (exact) mass is 274 g/mol. The molecule has 1 aromatic carbocycles. The van der Waals surface area contributed by atoms with E-state index in [0.717, 1.165) is 12.1 Å². The summed E-state index contributed by atoms with van der Waals surface area (Å²) in [5.74, 6) is 4.98. The summed E-state index contributed by atoms with van der Waals surface area (Å²) < 4.78 is 67.5. The van der Waals surface area contributed by atoms with Gasteiger partial charge >= 0.3 is 16.6 Å². The number of hydrogen-bond acceptors (Lipinski definition) is 4. The maximum Gasteiger partial charge on any atom is 0.416 e. The molecule has 1 aromatic rings. The second kappa shape index (κ2) is 5.82. The van der Waals surface area contributed by atoms with E-state index >= 15 is 0 Å². The van der Waals surface area contributed by atoms with E-state index in [0.29, 0.717) is 5.69 Å². The molecule has 0 aromatic heterocycles. The Labute approximate surface area is 94.8 Å². The summed E-state index contributed by atoms with van der Waals surface area (Å²) in [6.07, 6.45) is -4.28. The van der Waals surface area contributed by atoms with E-state index < -0.39 is 22.1 Å². The molecule has 0 heterocycles. The zero-order chi connectivity index (χ0) is 13.7. The van der Waals surface area contributed by atoms with Gasteiger partial charge in [-0.2, -0.15) is 21.6 Å². The van der Waals surface area contributed by atoms with Gasteiger partial charge < -0.3 is 5.43 Å². The molecule has 98 valence electrons. The Bertz CT molecular complexity index is 435. The van der Waals surface area contributed by atoms with Crippen LogP contribution < -0.4 is 11.3 Å². The third-order valence-electron chi connectivity index (χ3n) is 1.38. The Hall–Kier alpha value is -1.36. The third kappa shape index (κ3) is 8.45. The molecule has 0 spiro atoms. The predicted molar refractivity (Wildman–Crippen MR) is 53.4 cm³/mol. The Morgan fingerprint density at radius 3 is 1.71 bits per heavy atom. The summed E-state index contributed by atoms with van der Waals surface area (Å²) in [5.41, 5.74) is 2.01. The third-order valence-corrected chi connectivity index (χ3v) is 1.38. The molecule has 0 aliphatic heterocycles. The van der Waals surface area contributed by atoms with Gasteiger partial charge in [-0.15, -0.1) is 0 Å². The number of anilines is 1. The van der Waals surface area contributed by atoms with Crippen molar-refractivity contribution in [1.29, 1.82) is 0 Å². The lowest BCUT2D eigenvalue weighted by atomic mass is 10.2. The quantitative estimate of drug-likeness (QED) is 0.349. The number of hydrazine groups is 1. The highest BCUT2D eigenvalue weighted by Crippen LogP contribution is 2.29. The fraction of sp³-hybridized carbons (Fsp3) is 0.143. The lowest BCUT2D eigenvalue weighted by molar-refractivity contribution is -0.137. The first-order valence-corrected chi connectivity index (χ1v) is 5.27. The number of hydrogen-bond donors (Lipinski definition) is 4. The van der Waals surface area contributed by atoms with Crippen LogP contribution in [-0.4, -0.2) is 17.5 Å². The van der Waals surface area contributed by atoms with Crippen LogP contribution in [0.25, 0.3) is 0 Å². The molecule has 0 aliphatic rings. The van der Waals surface area contributed by atoms with Gasteiger partial charge in [-0.3, -0.25) is 14.9 Å². The first-order chi connectivity index (χ1) is 7.54. The van der Waals surface area contributed by atoms with Crippen molar-refractivity contribution in [2.75, 3.05) is 5.43 Å². The van der Waals surface area contributed by atoms with Gasteiger partial charge in [0.1, 0.15) is 0 Å². The SMILES string of the molecule is NNc1ccc(C(F)(F)F)cc1.O=S(=O)(O)O. The highest BCUT2D eigenvalue weighted by Gasteiger charge is 2.29. The van der Waals surface area contributed by atoms with E-state index in [1.807, 2.05) is 0 Å². The van der Waals surface area contributed by atoms with Crippen LogP contribution in [0.1, 0.15) is 5.56 Å². The highest BCUT2D eigenvalue weighted by molar-refractivity contribution is 7.79. The molecule has 0 fully saturated rings. The minimum Gasteiger partial charge on any atom is -0.324 e. The van der Waals surface area contributed by atoms with Gasteiger partial charge in [0.15, 0.2) is 0 Å². The molecule has 0 amide bonds. The van der Waals surface area contributed by atoms with Crippen LogP contribution in [0.15, 0.2) is 24.3 Å². The predicted octanol–water partition coefficient (Wildman–Crippen LogP) is 1.34. The van der Waals surface area contributed by atoms with Gasteiger partial charge in [0.05, 0.1) is 5.56 Å². The molecule has 0 aliphatic carbocycles. The van der Waals surface area contributed by atoms with E-state index in [-0.39, 0.29) is 0 Å². The minimum atomic E-state index is -4.67. The Kier molecular flexibility index (Phi) is 5.35. The van der Waals surface area contributed by atoms with Crippen molar-refractivity contribution in [3.05, 3.63) is 29.8 Å². The van der Waals surface area contributed by atoms with Crippen molar-refractivity contribution >= 4 is 16.1 Å². The lowest BCUT2D eigenvalue weighted by Crippen LogP contribution is -2.08. The molecule has 5 N–H and O–H groups in total. The highest BCUT2D eigenvalue weighted by atomic mass is 32.3. The molecule has 0 atom stereocenters. The van der Waals surface area contributed by atoms with Gasteiger partial charge in [-0.05, 0) is 24.3 Å². The molecular formula is C7H9F3N2O4S. The molecule has 0 bridgehead atoms. The van der Waals surface area contributed by atoms with Crippen molar-refractivity contribution in [1.82, 2.24) is 0 Å². The number of benzene rings is 1. The molecule has 6 nitrogen and oxygen atoms in total. The van der Waals surface area contributed by atoms with E-state index in [4.69, 9.17) is 23.4 Å². The van der Waals surface area contributed by atoms with Crippen LogP contribution >= 0.6 is 0 Å². The molecule has 10 heteroatoms. The summed E-state index contributed by atoms with van der Waals surface area (Å²) in [5, 5.41) is 0. The molecular weight excluding hydrogens is 265 g/mol. The van der Waals surface area contributed by atoms with Crippen molar-refractivity contribution in [3.8, 4) is 0 Å². The summed E-state index contributed by atoms with van der Waals surface area (Å²) in [7, 11) is -4.67. The first-order valence-electron chi connectivity index (χ1n) is 3.88. The molecule has 0 saturated heterocycles. The number of alkyl halides is 3. The average molecular weight is 274 g/mol. The van der Waals surface area contributed by atoms with Gasteiger partial charge in [0.25, 0.3) is 0 Å². The maximum atomic E-state index is 12.0. The van der Waals surface area contributed by atoms with Crippen LogP contribution in [0, 0.1) is 0 Å². The van der Waals surface area contributed by atoms with Crippen molar-refractivity contribution in [2.45, 2.75) is 6.18 Å². The molecule has 1 rings (SSSR count). The number of nitrogens with one attached hydrogen (secondary N) is 1. The Morgan fingerprint density at radius 1 is 1.12 bits per heavy atom. The molecule has 0 saturated carbocycles. The Morgan fingerprint density at radius 2 is 1.47 bits per heavy atom. The van der Waals surface area contributed by atoms with E-state index in [1.54, 1.807) is 0 Å². The van der Waals surface area contributed by atoms with Crippen LogP contribution in [0.2, 0.25) is 0 Å². The minimum absolute atomic E-state index is 0.447. The van der Waals surface area contributed by atoms with E-state index in [2.05, 4.69) is 5.43 Å². The lowest BCUT2D eigenvalue weighted by Gasteiger charge is -2.06. The fourth-order valence-electron chi connectivity index (χ4n) is 0.755. The van der Waals surface area contributed by atoms with Gasteiger partial charge in [-0.1, -0.05) is 0 Å². The summed E-state index contributed by atoms with van der Waals surface area (Å²) in [4.78, 5) is 0. The van der Waals surface area contributed by atoms with Crippen LogP contribution in [0.5, 0.6) is 0 Å². The second-order valence-corrected chi connectivity index (χ2v) is 3.56. The number of halogens is 3. The van der Waals surface area contributed by atoms with Crippen LogP contribution in [0.4, 0.5) is 18.9 Å². The molecule has 0 unspecified atom stereocenters. The number of rotatable bonds is 1. The average Bonchev–Trinajstić information content (AvgIpc) is 2.14. The number of nitrogen functional groups attached to an aromatic ring is 1. The fourth-order valence-corrected chi connectivity index (χ4v) is 0.755. The zero-order valence-electron chi connectivity index (χ0n) is 8.14. The number of nitrogens with two attached hydrogens (primary N) is 1. The zero-order valence-corrected chi connectivity index (χ0v) is 8.96. The van der Waals surface area contributed by atoms with Gasteiger partial charge in [-0.25, -0.2) is 0 Å². The van der Waals surface area contributed by atoms with Crippen molar-refractivity contribution in [3.63, 3.8) is 0 Å². The smallest absolute Gasteiger partial charge is 0.324 e. The van der Waals surface area contributed by atoms with Crippen LogP contribution in [0.3, 0.4) is 0 Å². The van der Waals surface area contributed by atoms with Gasteiger partial charge in [0.2, 0.25) is 0 Å². The summed E-state index contributed by atoms with van der Waals surface area (Å²) >= 11 is 0. The van der Waals surface area contributed by atoms with Crippen molar-refractivity contribution < 1.29 is 30.7 Å². The summed E-state index contributed by atoms with van der Waals surface area (Å²) in [6, 6.07) is 4.47. The molecule has 17 heavy (non-hydrogen) atoms. The van der Waals surface area contributed by atoms with Crippen molar-refractivity contribution in [2.24, 2.45) is 5.84 Å². The summed E-state index contributed by atoms with van der Waals surface area (Å²) in [6.45, 7) is 0. The van der Waals surface area contributed by atoms with Crippen LogP contribution in [-0.2, 0) is 16.6 Å². The normalized spacial score (nSPS) is 11.4. The second-order valence-electron chi connectivity index (χ2n) is 2.67. The maximum absolute atomic E-state index is 12.0. The van der Waals surface area contributed by atoms with Gasteiger partial charge in [0, 0.05) is 5.69 Å². The standard InChI is InChI=1S/C7H7F3N2.H2O4S/c8-7(9,10)5-1-3-6(12-11)4-2-5;1-5(2,3)4/h1-4,12H,11H2;(H2,1,2,3,4). The van der Waals surface area contributed by atoms with E-state index in [1.165, 1.54) is 12.1 Å². The molecule has 0 radical (unpaired) electrons. The van der Waals surface area contributed by atoms with E-state index in [9.17, 15) is 13.2 Å². The topological polar surface area (TPSA) is 113 Å². The largest absolute Gasteiger partial charge is 0.416 e. The first kappa shape index (κ1) is 15.6. The Balaban J connectivity index is 0.000000437.